The van der Waals surface area contributed by atoms with Gasteiger partial charge in [-0.25, -0.2) is 12.8 Å². The smallest absolute Gasteiger partial charge is 0.246 e. The largest absolute Gasteiger partial charge is 0.497 e. The van der Waals surface area contributed by atoms with E-state index >= 15 is 0 Å². The summed E-state index contributed by atoms with van der Waals surface area (Å²) in [6, 6.07) is 16.5. The van der Waals surface area contributed by atoms with Crippen LogP contribution in [0.3, 0.4) is 0 Å². The summed E-state index contributed by atoms with van der Waals surface area (Å²) < 4.78 is 48.0. The summed E-state index contributed by atoms with van der Waals surface area (Å²) in [5.74, 6) is -0.0307. The molecule has 0 bridgehead atoms. The van der Waals surface area contributed by atoms with Crippen molar-refractivity contribution in [1.82, 2.24) is 9.21 Å². The maximum absolute atomic E-state index is 14.1. The Bertz CT molecular complexity index is 1540. The second-order valence-electron chi connectivity index (χ2n) is 10.8. The molecule has 2 fully saturated rings. The second-order valence-corrected chi connectivity index (χ2v) is 12.7. The molecule has 2 aliphatic rings. The first-order valence-corrected chi connectivity index (χ1v) is 15.3. The van der Waals surface area contributed by atoms with E-state index in [4.69, 9.17) is 4.74 Å². The summed E-state index contributed by atoms with van der Waals surface area (Å²) in [6.45, 7) is 8.89. The third-order valence-electron chi connectivity index (χ3n) is 8.07. The van der Waals surface area contributed by atoms with Gasteiger partial charge in [-0.3, -0.25) is 4.79 Å². The van der Waals surface area contributed by atoms with Crippen molar-refractivity contribution in [2.24, 2.45) is 0 Å². The Morgan fingerprint density at radius 1 is 0.854 bits per heavy atom. The number of anilines is 2. The quantitative estimate of drug-likeness (QED) is 0.439. The summed E-state index contributed by atoms with van der Waals surface area (Å²) in [5, 5.41) is 0. The predicted molar refractivity (Wildman–Crippen MR) is 159 cm³/mol. The van der Waals surface area contributed by atoms with Gasteiger partial charge in [0.1, 0.15) is 17.6 Å². The van der Waals surface area contributed by atoms with E-state index in [9.17, 15) is 17.6 Å². The maximum atomic E-state index is 14.1. The van der Waals surface area contributed by atoms with E-state index in [1.807, 2.05) is 16.7 Å². The average molecular weight is 581 g/mol. The molecule has 218 valence electrons. The molecular weight excluding hydrogens is 543 g/mol. The minimum Gasteiger partial charge on any atom is -0.497 e. The normalized spacial score (nSPS) is 18.5. The maximum Gasteiger partial charge on any atom is 0.246 e. The number of carbonyl (C=O) groups excluding carboxylic acids is 1. The molecule has 3 aromatic carbocycles. The molecule has 10 heteroatoms. The van der Waals surface area contributed by atoms with Crippen molar-refractivity contribution in [3.63, 3.8) is 0 Å². The van der Waals surface area contributed by atoms with Crippen molar-refractivity contribution in [1.29, 1.82) is 0 Å². The van der Waals surface area contributed by atoms with Crippen molar-refractivity contribution in [2.75, 3.05) is 62.7 Å². The van der Waals surface area contributed by atoms with Gasteiger partial charge >= 0.3 is 0 Å². The lowest BCUT2D eigenvalue weighted by molar-refractivity contribution is -0.133. The number of carbonyl (C=O) groups is 1. The zero-order valence-corrected chi connectivity index (χ0v) is 24.8. The van der Waals surface area contributed by atoms with Gasteiger partial charge in [0.25, 0.3) is 0 Å². The van der Waals surface area contributed by atoms with Gasteiger partial charge in [0, 0.05) is 63.3 Å². The number of methoxy groups -OCH3 is 1. The van der Waals surface area contributed by atoms with Gasteiger partial charge in [-0.1, -0.05) is 18.2 Å². The van der Waals surface area contributed by atoms with E-state index in [-0.39, 0.29) is 29.7 Å². The molecule has 2 saturated heterocycles. The molecule has 0 N–H and O–H groups in total. The zero-order valence-electron chi connectivity index (χ0n) is 24.0. The summed E-state index contributed by atoms with van der Waals surface area (Å²) in [5.41, 5.74) is 4.99. The van der Waals surface area contributed by atoms with Gasteiger partial charge in [0.05, 0.1) is 12.0 Å². The van der Waals surface area contributed by atoms with Crippen LogP contribution in [-0.4, -0.2) is 82.5 Å². The molecule has 3 aromatic rings. The van der Waals surface area contributed by atoms with E-state index in [1.54, 1.807) is 18.2 Å². The number of rotatable bonds is 6. The topological polar surface area (TPSA) is 73.4 Å². The number of ether oxygens (including phenoxy) is 1. The Labute approximate surface area is 242 Å². The molecule has 0 radical (unpaired) electrons. The highest BCUT2D eigenvalue weighted by Crippen LogP contribution is 2.30. The molecule has 0 aliphatic carbocycles. The van der Waals surface area contributed by atoms with Gasteiger partial charge in [-0.15, -0.1) is 0 Å². The van der Waals surface area contributed by atoms with Crippen LogP contribution in [0.4, 0.5) is 15.8 Å². The molecule has 41 heavy (non-hydrogen) atoms. The Balaban J connectivity index is 1.41. The number of hydrogen-bond donors (Lipinski definition) is 0. The van der Waals surface area contributed by atoms with Gasteiger partial charge < -0.3 is 19.4 Å². The zero-order chi connectivity index (χ0) is 29.3. The van der Waals surface area contributed by atoms with Crippen LogP contribution in [0, 0.1) is 26.6 Å². The summed E-state index contributed by atoms with van der Waals surface area (Å²) in [4.78, 5) is 20.3. The van der Waals surface area contributed by atoms with Crippen molar-refractivity contribution in [2.45, 2.75) is 31.7 Å². The third-order valence-corrected chi connectivity index (χ3v) is 9.93. The molecule has 1 atom stereocenters. The number of nitrogens with zero attached hydrogens (tertiary/aromatic N) is 4. The SMILES string of the molecule is COc1cccc(S(=O)(=O)N2CCN(c3ccc(F)cc3C)C(C(=O)N3CCN(c4cc(C)ccc4C)CC3)C2)c1. The molecule has 1 unspecified atom stereocenters. The first kappa shape index (κ1) is 28.9. The standard InChI is InChI=1S/C31H37FN4O4S/c1-22-8-9-23(2)29(18-22)33-12-14-34(15-13-33)31(37)30-21-35(41(38,39)27-7-5-6-26(20-27)40-4)16-17-36(30)28-11-10-25(32)19-24(28)3/h5-11,18-20,30H,12-17,21H2,1-4H3. The molecule has 8 nitrogen and oxygen atoms in total. The van der Waals surface area contributed by atoms with Gasteiger partial charge in [0.2, 0.25) is 15.9 Å². The van der Waals surface area contributed by atoms with E-state index in [0.717, 1.165) is 5.69 Å². The van der Waals surface area contributed by atoms with Gasteiger partial charge in [0.15, 0.2) is 0 Å². The highest BCUT2D eigenvalue weighted by Gasteiger charge is 2.40. The van der Waals surface area contributed by atoms with E-state index in [1.165, 1.54) is 52.5 Å². The third kappa shape index (κ3) is 5.90. The molecule has 2 heterocycles. The van der Waals surface area contributed by atoms with Crippen molar-refractivity contribution in [3.8, 4) is 5.75 Å². The summed E-state index contributed by atoms with van der Waals surface area (Å²) in [6.07, 6.45) is 0. The summed E-state index contributed by atoms with van der Waals surface area (Å²) >= 11 is 0. The van der Waals surface area contributed by atoms with Crippen LogP contribution >= 0.6 is 0 Å². The van der Waals surface area contributed by atoms with E-state index in [2.05, 4.69) is 36.9 Å². The second kappa shape index (κ2) is 11.7. The van der Waals surface area contributed by atoms with Gasteiger partial charge in [-0.05, 0) is 73.9 Å². The molecular formula is C31H37FN4O4S. The lowest BCUT2D eigenvalue weighted by Gasteiger charge is -2.45. The molecule has 1 amide bonds. The number of hydrogen-bond acceptors (Lipinski definition) is 6. The van der Waals surface area contributed by atoms with Crippen LogP contribution in [-0.2, 0) is 14.8 Å². The van der Waals surface area contributed by atoms with Crippen LogP contribution in [0.2, 0.25) is 0 Å². The number of aryl methyl sites for hydroxylation is 3. The minimum atomic E-state index is -3.88. The number of sulfonamides is 1. The number of piperazine rings is 2. The van der Waals surface area contributed by atoms with Crippen molar-refractivity contribution < 1.29 is 22.3 Å². The predicted octanol–water partition coefficient (Wildman–Crippen LogP) is 3.99. The number of halogens is 1. The molecule has 0 spiro atoms. The highest BCUT2D eigenvalue weighted by atomic mass is 32.2. The monoisotopic (exact) mass is 580 g/mol. The fourth-order valence-electron chi connectivity index (χ4n) is 5.77. The van der Waals surface area contributed by atoms with E-state index in [0.29, 0.717) is 44.0 Å². The number of amides is 1. The lowest BCUT2D eigenvalue weighted by Crippen LogP contribution is -2.62. The van der Waals surface area contributed by atoms with Crippen LogP contribution in [0.15, 0.2) is 65.6 Å². The molecule has 5 rings (SSSR count). The average Bonchev–Trinajstić information content (AvgIpc) is 2.98. The minimum absolute atomic E-state index is 0.00754. The van der Waals surface area contributed by atoms with Crippen LogP contribution in [0.25, 0.3) is 0 Å². The first-order valence-electron chi connectivity index (χ1n) is 13.9. The van der Waals surface area contributed by atoms with Crippen molar-refractivity contribution in [3.05, 3.63) is 83.2 Å². The van der Waals surface area contributed by atoms with Crippen molar-refractivity contribution >= 4 is 27.3 Å². The Kier molecular flexibility index (Phi) is 8.24. The Morgan fingerprint density at radius 3 is 2.32 bits per heavy atom. The number of benzene rings is 3. The van der Waals surface area contributed by atoms with E-state index < -0.39 is 16.1 Å². The van der Waals surface area contributed by atoms with Crippen LogP contribution < -0.4 is 14.5 Å². The molecule has 0 aromatic heterocycles. The fourth-order valence-corrected chi connectivity index (χ4v) is 7.24. The Morgan fingerprint density at radius 2 is 1.61 bits per heavy atom. The molecule has 0 saturated carbocycles. The Hall–Kier alpha value is -3.63. The first-order chi connectivity index (χ1) is 19.6. The lowest BCUT2D eigenvalue weighted by atomic mass is 10.1. The van der Waals surface area contributed by atoms with Gasteiger partial charge in [-0.2, -0.15) is 4.31 Å². The fraction of sp³-hybridized carbons (Fsp3) is 0.387. The van der Waals surface area contributed by atoms with Crippen LogP contribution in [0.1, 0.15) is 16.7 Å². The molecule has 2 aliphatic heterocycles. The summed E-state index contributed by atoms with van der Waals surface area (Å²) in [7, 11) is -2.39. The highest BCUT2D eigenvalue weighted by molar-refractivity contribution is 7.89. The van der Waals surface area contributed by atoms with Crippen LogP contribution in [0.5, 0.6) is 5.75 Å².